The van der Waals surface area contributed by atoms with Gasteiger partial charge in [-0.2, -0.15) is 5.10 Å². The van der Waals surface area contributed by atoms with Crippen LogP contribution in [-0.2, 0) is 14.3 Å². The van der Waals surface area contributed by atoms with Crippen LogP contribution in [0.3, 0.4) is 0 Å². The second-order valence-electron chi connectivity index (χ2n) is 8.53. The summed E-state index contributed by atoms with van der Waals surface area (Å²) in [5.41, 5.74) is 1.76. The molecule has 1 fully saturated rings. The second-order valence-corrected chi connectivity index (χ2v) is 8.53. The van der Waals surface area contributed by atoms with Gasteiger partial charge in [0, 0.05) is 17.5 Å². The van der Waals surface area contributed by atoms with Gasteiger partial charge < -0.3 is 9.47 Å². The van der Waals surface area contributed by atoms with E-state index in [0.717, 1.165) is 5.56 Å². The molecule has 180 valence electrons. The molecule has 34 heavy (non-hydrogen) atoms. The van der Waals surface area contributed by atoms with Crippen molar-refractivity contribution < 1.29 is 23.5 Å². The van der Waals surface area contributed by atoms with Crippen molar-refractivity contribution in [3.63, 3.8) is 0 Å². The van der Waals surface area contributed by atoms with Crippen molar-refractivity contribution in [2.24, 2.45) is 11.0 Å². The van der Waals surface area contributed by atoms with E-state index in [9.17, 15) is 14.0 Å². The zero-order valence-corrected chi connectivity index (χ0v) is 19.6. The molecule has 1 unspecified atom stereocenters. The molecule has 2 heterocycles. The summed E-state index contributed by atoms with van der Waals surface area (Å²) in [5, 5.41) is 6.06. The van der Waals surface area contributed by atoms with Crippen LogP contribution in [-0.4, -0.2) is 60.8 Å². The number of carbonyl (C=O) groups is 2. The lowest BCUT2D eigenvalue weighted by Gasteiger charge is -2.32. The Morgan fingerprint density at radius 2 is 1.79 bits per heavy atom. The van der Waals surface area contributed by atoms with Crippen LogP contribution in [0, 0.1) is 11.7 Å². The summed E-state index contributed by atoms with van der Waals surface area (Å²) in [6.07, 6.45) is 1.70. The fourth-order valence-corrected chi connectivity index (χ4v) is 4.63. The van der Waals surface area contributed by atoms with E-state index in [2.05, 4.69) is 5.10 Å². The maximum absolute atomic E-state index is 14.5. The summed E-state index contributed by atoms with van der Waals surface area (Å²) in [4.78, 5) is 27.5. The molecule has 1 atom stereocenters. The van der Waals surface area contributed by atoms with Crippen molar-refractivity contribution in [1.29, 1.82) is 0 Å². The summed E-state index contributed by atoms with van der Waals surface area (Å²) in [6, 6.07) is 13.6. The van der Waals surface area contributed by atoms with E-state index in [-0.39, 0.29) is 30.2 Å². The average Bonchev–Trinajstić information content (AvgIpc) is 3.30. The van der Waals surface area contributed by atoms with E-state index in [1.807, 2.05) is 29.2 Å². The summed E-state index contributed by atoms with van der Waals surface area (Å²) in [5.74, 6) is -0.161. The predicted octanol–water partition coefficient (Wildman–Crippen LogP) is 3.79. The number of nitrogens with zero attached hydrogens (tertiary/aromatic N) is 3. The highest BCUT2D eigenvalue weighted by molar-refractivity contribution is 6.03. The fraction of sp³-hybridized carbons (Fsp3) is 0.423. The third-order valence-corrected chi connectivity index (χ3v) is 6.41. The topological polar surface area (TPSA) is 71.4 Å². The van der Waals surface area contributed by atoms with Crippen molar-refractivity contribution in [2.45, 2.75) is 32.2 Å². The number of ether oxygens (including phenoxy) is 2. The predicted molar refractivity (Wildman–Crippen MR) is 126 cm³/mol. The summed E-state index contributed by atoms with van der Waals surface area (Å²) < 4.78 is 25.2. The Morgan fingerprint density at radius 1 is 1.09 bits per heavy atom. The third-order valence-electron chi connectivity index (χ3n) is 6.41. The third kappa shape index (κ3) is 5.12. The Kier molecular flexibility index (Phi) is 7.57. The normalized spacial score (nSPS) is 19.1. The molecule has 8 heteroatoms. The molecule has 7 nitrogen and oxygen atoms in total. The molecule has 1 saturated heterocycles. The van der Waals surface area contributed by atoms with Gasteiger partial charge in [0.05, 0.1) is 37.9 Å². The van der Waals surface area contributed by atoms with Crippen LogP contribution in [0.1, 0.15) is 43.4 Å². The Morgan fingerprint density at radius 3 is 2.50 bits per heavy atom. The van der Waals surface area contributed by atoms with E-state index in [0.29, 0.717) is 56.0 Å². The monoisotopic (exact) mass is 467 g/mol. The maximum atomic E-state index is 14.5. The van der Waals surface area contributed by atoms with Gasteiger partial charge in [-0.05, 0) is 45.0 Å². The number of piperidine rings is 1. The first-order valence-electron chi connectivity index (χ1n) is 11.7. The molecule has 0 radical (unpaired) electrons. The van der Waals surface area contributed by atoms with E-state index in [1.54, 1.807) is 32.2 Å². The van der Waals surface area contributed by atoms with Crippen LogP contribution in [0.4, 0.5) is 4.39 Å². The maximum Gasteiger partial charge on any atom is 0.309 e. The average molecular weight is 468 g/mol. The molecule has 0 spiro atoms. The Hall–Kier alpha value is -3.26. The molecule has 0 saturated carbocycles. The van der Waals surface area contributed by atoms with Gasteiger partial charge in [0.25, 0.3) is 5.91 Å². The van der Waals surface area contributed by atoms with E-state index in [4.69, 9.17) is 9.47 Å². The fourth-order valence-electron chi connectivity index (χ4n) is 4.63. The van der Waals surface area contributed by atoms with Gasteiger partial charge in [-0.1, -0.05) is 36.4 Å². The molecule has 0 N–H and O–H groups in total. The molecule has 1 amide bonds. The number of halogens is 1. The molecule has 2 aliphatic rings. The second kappa shape index (κ2) is 10.8. The molecule has 2 aromatic carbocycles. The zero-order chi connectivity index (χ0) is 24.1. The first-order valence-corrected chi connectivity index (χ1v) is 11.7. The number of carbonyl (C=O) groups excluding carboxylic acids is 2. The molecule has 0 aliphatic carbocycles. The van der Waals surface area contributed by atoms with Crippen LogP contribution in [0.5, 0.6) is 5.75 Å². The zero-order valence-electron chi connectivity index (χ0n) is 19.6. The standard InChI is InChI=1S/C26H30FN3O4/c1-3-34-26(32)18-12-14-29(15-13-18)17-25(31)30-23(20-9-5-7-11-24(20)33-2)16-22(28-30)19-8-4-6-10-21(19)27/h4-11,18,23H,3,12-17H2,1-2H3. The van der Waals surface area contributed by atoms with Crippen LogP contribution in [0.25, 0.3) is 0 Å². The Labute approximate surface area is 199 Å². The van der Waals surface area contributed by atoms with Crippen LogP contribution in [0.15, 0.2) is 53.6 Å². The first-order chi connectivity index (χ1) is 16.5. The number of likely N-dealkylation sites (tertiary alicyclic amines) is 1. The number of methoxy groups -OCH3 is 1. The minimum Gasteiger partial charge on any atom is -0.496 e. The quantitative estimate of drug-likeness (QED) is 0.580. The first kappa shape index (κ1) is 23.9. The largest absolute Gasteiger partial charge is 0.496 e. The summed E-state index contributed by atoms with van der Waals surface area (Å²) in [6.45, 7) is 3.61. The minimum atomic E-state index is -0.393. The lowest BCUT2D eigenvalue weighted by molar-refractivity contribution is -0.149. The van der Waals surface area contributed by atoms with Gasteiger partial charge >= 0.3 is 5.97 Å². The Bertz CT molecular complexity index is 1070. The van der Waals surface area contributed by atoms with E-state index < -0.39 is 6.04 Å². The smallest absolute Gasteiger partial charge is 0.309 e. The lowest BCUT2D eigenvalue weighted by atomic mass is 9.96. The van der Waals surface area contributed by atoms with Gasteiger partial charge in [-0.25, -0.2) is 9.40 Å². The lowest BCUT2D eigenvalue weighted by Crippen LogP contribution is -2.43. The molecular formula is C26H30FN3O4. The number of amides is 1. The molecule has 2 aromatic rings. The molecular weight excluding hydrogens is 437 g/mol. The van der Waals surface area contributed by atoms with Crippen LogP contribution in [0.2, 0.25) is 0 Å². The highest BCUT2D eigenvalue weighted by Gasteiger charge is 2.36. The van der Waals surface area contributed by atoms with Crippen LogP contribution >= 0.6 is 0 Å². The van der Waals surface area contributed by atoms with Gasteiger partial charge in [-0.3, -0.25) is 14.5 Å². The SMILES string of the molecule is CCOC(=O)C1CCN(CC(=O)N2N=C(c3ccccc3F)CC2c2ccccc2OC)CC1. The van der Waals surface area contributed by atoms with Crippen molar-refractivity contribution in [3.8, 4) is 5.75 Å². The number of esters is 1. The summed E-state index contributed by atoms with van der Waals surface area (Å²) >= 11 is 0. The van der Waals surface area contributed by atoms with Gasteiger partial charge in [-0.15, -0.1) is 0 Å². The minimum absolute atomic E-state index is 0.120. The van der Waals surface area contributed by atoms with E-state index in [1.165, 1.54) is 11.1 Å². The molecule has 0 bridgehead atoms. The van der Waals surface area contributed by atoms with Gasteiger partial charge in [0.2, 0.25) is 0 Å². The highest BCUT2D eigenvalue weighted by Crippen LogP contribution is 2.38. The van der Waals surface area contributed by atoms with Gasteiger partial charge in [0.1, 0.15) is 11.6 Å². The van der Waals surface area contributed by atoms with Crippen molar-refractivity contribution in [1.82, 2.24) is 9.91 Å². The number of hydrogen-bond donors (Lipinski definition) is 0. The molecule has 4 rings (SSSR count). The number of rotatable bonds is 7. The number of benzene rings is 2. The van der Waals surface area contributed by atoms with Crippen molar-refractivity contribution in [3.05, 3.63) is 65.5 Å². The van der Waals surface area contributed by atoms with Crippen LogP contribution < -0.4 is 4.74 Å². The number of hydrogen-bond acceptors (Lipinski definition) is 6. The molecule has 0 aromatic heterocycles. The van der Waals surface area contributed by atoms with Crippen molar-refractivity contribution in [2.75, 3.05) is 33.4 Å². The number of para-hydroxylation sites is 1. The van der Waals surface area contributed by atoms with Crippen molar-refractivity contribution >= 4 is 17.6 Å². The molecule has 2 aliphatic heterocycles. The Balaban J connectivity index is 1.53. The van der Waals surface area contributed by atoms with E-state index >= 15 is 0 Å². The highest BCUT2D eigenvalue weighted by atomic mass is 19.1. The van der Waals surface area contributed by atoms with Gasteiger partial charge in [0.15, 0.2) is 0 Å². The summed E-state index contributed by atoms with van der Waals surface area (Å²) in [7, 11) is 1.59. The number of hydrazone groups is 1.